The molecule has 2 aromatic carbocycles. The van der Waals surface area contributed by atoms with E-state index in [1.54, 1.807) is 62.8 Å². The van der Waals surface area contributed by atoms with Crippen LogP contribution in [0.3, 0.4) is 0 Å². The average Bonchev–Trinajstić information content (AvgIpc) is 2.66. The highest BCUT2D eigenvalue weighted by molar-refractivity contribution is 5.99. The fourth-order valence-electron chi connectivity index (χ4n) is 2.40. The van der Waals surface area contributed by atoms with Crippen molar-refractivity contribution < 1.29 is 24.1 Å². The molecule has 0 aliphatic heterocycles. The van der Waals surface area contributed by atoms with Crippen LogP contribution in [0.2, 0.25) is 0 Å². The third-order valence-electron chi connectivity index (χ3n) is 3.60. The number of aliphatic hydroxyl groups is 1. The molecule has 0 aromatic heterocycles. The van der Waals surface area contributed by atoms with Gasteiger partial charge in [-0.25, -0.2) is 0 Å². The molecule has 0 fully saturated rings. The highest BCUT2D eigenvalue weighted by atomic mass is 16.5. The second-order valence-corrected chi connectivity index (χ2v) is 6.50. The fourth-order valence-corrected chi connectivity index (χ4v) is 2.40. The molecule has 5 heteroatoms. The predicted molar refractivity (Wildman–Crippen MR) is 107 cm³/mol. The molecule has 0 heterocycles. The SMILES string of the molecule is CC(C)OC(C)C.COc1ccc(C(=O)C(O)c2ccc(OC)cc2)cc1. The summed E-state index contributed by atoms with van der Waals surface area (Å²) >= 11 is 0. The van der Waals surface area contributed by atoms with Crippen LogP contribution >= 0.6 is 0 Å². The largest absolute Gasteiger partial charge is 0.497 e. The van der Waals surface area contributed by atoms with E-state index in [0.29, 0.717) is 34.8 Å². The first-order valence-corrected chi connectivity index (χ1v) is 8.94. The molecule has 1 unspecified atom stereocenters. The summed E-state index contributed by atoms with van der Waals surface area (Å²) in [4.78, 5) is 12.2. The number of carbonyl (C=O) groups excluding carboxylic acids is 1. The summed E-state index contributed by atoms with van der Waals surface area (Å²) in [5, 5.41) is 10.1. The van der Waals surface area contributed by atoms with Gasteiger partial charge in [-0.2, -0.15) is 0 Å². The zero-order valence-electron chi connectivity index (χ0n) is 16.9. The van der Waals surface area contributed by atoms with Gasteiger partial charge >= 0.3 is 0 Å². The van der Waals surface area contributed by atoms with Crippen molar-refractivity contribution in [3.63, 3.8) is 0 Å². The Hall–Kier alpha value is -2.37. The molecule has 2 aromatic rings. The number of methoxy groups -OCH3 is 2. The number of hydrogen-bond acceptors (Lipinski definition) is 5. The Balaban J connectivity index is 0.000000445. The van der Waals surface area contributed by atoms with Crippen molar-refractivity contribution >= 4 is 5.78 Å². The normalized spacial score (nSPS) is 11.6. The van der Waals surface area contributed by atoms with E-state index in [1.807, 2.05) is 27.7 Å². The van der Waals surface area contributed by atoms with Crippen LogP contribution in [0, 0.1) is 0 Å². The lowest BCUT2D eigenvalue weighted by Crippen LogP contribution is -2.12. The molecule has 2 rings (SSSR count). The highest BCUT2D eigenvalue weighted by Gasteiger charge is 2.19. The summed E-state index contributed by atoms with van der Waals surface area (Å²) in [6.07, 6.45) is -0.436. The molecule has 0 aliphatic rings. The Kier molecular flexibility index (Phi) is 9.54. The van der Waals surface area contributed by atoms with Crippen LogP contribution in [0.4, 0.5) is 0 Å². The molecular formula is C22H30O5. The monoisotopic (exact) mass is 374 g/mol. The molecule has 1 atom stereocenters. The fraction of sp³-hybridized carbons (Fsp3) is 0.409. The summed E-state index contributed by atoms with van der Waals surface area (Å²) in [6, 6.07) is 13.4. The van der Waals surface area contributed by atoms with Gasteiger partial charge in [0.1, 0.15) is 17.6 Å². The quantitative estimate of drug-likeness (QED) is 0.726. The molecule has 0 bridgehead atoms. The number of ether oxygens (including phenoxy) is 3. The minimum absolute atomic E-state index is 0.349. The Labute approximate surface area is 161 Å². The van der Waals surface area contributed by atoms with Gasteiger partial charge in [-0.3, -0.25) is 4.79 Å². The molecule has 0 saturated heterocycles. The van der Waals surface area contributed by atoms with Gasteiger partial charge in [-0.05, 0) is 69.7 Å². The third-order valence-corrected chi connectivity index (χ3v) is 3.60. The van der Waals surface area contributed by atoms with Crippen LogP contribution in [0.1, 0.15) is 49.7 Å². The van der Waals surface area contributed by atoms with Crippen LogP contribution < -0.4 is 9.47 Å². The lowest BCUT2D eigenvalue weighted by molar-refractivity contribution is 0.0300. The lowest BCUT2D eigenvalue weighted by Gasteiger charge is -2.11. The van der Waals surface area contributed by atoms with Gasteiger partial charge in [0.2, 0.25) is 0 Å². The molecule has 1 N–H and O–H groups in total. The molecule has 0 spiro atoms. The topological polar surface area (TPSA) is 65.0 Å². The number of benzene rings is 2. The van der Waals surface area contributed by atoms with E-state index >= 15 is 0 Å². The van der Waals surface area contributed by atoms with E-state index in [-0.39, 0.29) is 5.78 Å². The van der Waals surface area contributed by atoms with Crippen molar-refractivity contribution in [2.45, 2.75) is 46.0 Å². The summed E-state index contributed by atoms with van der Waals surface area (Å²) in [7, 11) is 3.12. The second kappa shape index (κ2) is 11.4. The second-order valence-electron chi connectivity index (χ2n) is 6.50. The van der Waals surface area contributed by atoms with E-state index < -0.39 is 6.10 Å². The summed E-state index contributed by atoms with van der Waals surface area (Å²) in [6.45, 7) is 8.17. The summed E-state index contributed by atoms with van der Waals surface area (Å²) in [5.41, 5.74) is 0.973. The van der Waals surface area contributed by atoms with Gasteiger partial charge in [0.25, 0.3) is 0 Å². The van der Waals surface area contributed by atoms with Gasteiger partial charge in [0.15, 0.2) is 5.78 Å². The first-order chi connectivity index (χ1) is 12.8. The molecule has 0 radical (unpaired) electrons. The average molecular weight is 374 g/mol. The van der Waals surface area contributed by atoms with Crippen molar-refractivity contribution in [2.75, 3.05) is 14.2 Å². The maximum Gasteiger partial charge on any atom is 0.195 e. The van der Waals surface area contributed by atoms with Crippen LogP contribution in [0.15, 0.2) is 48.5 Å². The molecule has 5 nitrogen and oxygen atoms in total. The maximum atomic E-state index is 12.2. The van der Waals surface area contributed by atoms with Gasteiger partial charge in [-0.15, -0.1) is 0 Å². The molecular weight excluding hydrogens is 344 g/mol. The first kappa shape index (κ1) is 22.7. The summed E-state index contributed by atoms with van der Waals surface area (Å²) < 4.78 is 15.3. The van der Waals surface area contributed by atoms with Gasteiger partial charge in [-0.1, -0.05) is 12.1 Å². The number of hydrogen-bond donors (Lipinski definition) is 1. The van der Waals surface area contributed by atoms with Gasteiger partial charge in [0, 0.05) is 5.56 Å². The van der Waals surface area contributed by atoms with E-state index in [9.17, 15) is 9.90 Å². The number of Topliss-reactive ketones (excluding diaryl/α,β-unsaturated/α-hetero) is 1. The van der Waals surface area contributed by atoms with Crippen molar-refractivity contribution in [2.24, 2.45) is 0 Å². The Morgan fingerprint density at radius 2 is 1.19 bits per heavy atom. The van der Waals surface area contributed by atoms with E-state index in [2.05, 4.69) is 0 Å². The number of ketones is 1. The highest BCUT2D eigenvalue weighted by Crippen LogP contribution is 2.22. The molecule has 148 valence electrons. The minimum atomic E-state index is -1.19. The third kappa shape index (κ3) is 7.81. The van der Waals surface area contributed by atoms with Gasteiger partial charge < -0.3 is 19.3 Å². The Morgan fingerprint density at radius 1 is 0.778 bits per heavy atom. The zero-order valence-corrected chi connectivity index (χ0v) is 16.9. The van der Waals surface area contributed by atoms with E-state index in [4.69, 9.17) is 14.2 Å². The Morgan fingerprint density at radius 3 is 1.52 bits per heavy atom. The van der Waals surface area contributed by atoms with Crippen LogP contribution in [0.25, 0.3) is 0 Å². The molecule has 27 heavy (non-hydrogen) atoms. The first-order valence-electron chi connectivity index (χ1n) is 8.94. The number of rotatable bonds is 7. The van der Waals surface area contributed by atoms with Crippen LogP contribution in [-0.2, 0) is 4.74 Å². The lowest BCUT2D eigenvalue weighted by atomic mass is 10.00. The van der Waals surface area contributed by atoms with Crippen LogP contribution in [-0.4, -0.2) is 37.3 Å². The molecule has 0 aliphatic carbocycles. The number of aliphatic hydroxyl groups excluding tert-OH is 1. The van der Waals surface area contributed by atoms with E-state index in [1.165, 1.54) is 0 Å². The van der Waals surface area contributed by atoms with Crippen molar-refractivity contribution in [3.8, 4) is 11.5 Å². The molecule has 0 saturated carbocycles. The van der Waals surface area contributed by atoms with Gasteiger partial charge in [0.05, 0.1) is 26.4 Å². The maximum absolute atomic E-state index is 12.2. The molecule has 0 amide bonds. The van der Waals surface area contributed by atoms with E-state index in [0.717, 1.165) is 0 Å². The Bertz CT molecular complexity index is 669. The smallest absolute Gasteiger partial charge is 0.195 e. The minimum Gasteiger partial charge on any atom is -0.497 e. The standard InChI is InChI=1S/C16H16O4.C6H14O/c1-19-13-7-3-11(4-8-13)15(17)16(18)12-5-9-14(20-2)10-6-12;1-5(2)7-6(3)4/h3-10,15,17H,1-2H3;5-6H,1-4H3. The number of carbonyl (C=O) groups is 1. The van der Waals surface area contributed by atoms with Crippen molar-refractivity contribution in [3.05, 3.63) is 59.7 Å². The summed E-state index contributed by atoms with van der Waals surface area (Å²) in [5.74, 6) is 0.996. The van der Waals surface area contributed by atoms with Crippen molar-refractivity contribution in [1.29, 1.82) is 0 Å². The predicted octanol–water partition coefficient (Wildman–Crippen LogP) is 4.44. The van der Waals surface area contributed by atoms with Crippen molar-refractivity contribution in [1.82, 2.24) is 0 Å². The zero-order chi connectivity index (χ0) is 20.4. The van der Waals surface area contributed by atoms with Crippen LogP contribution in [0.5, 0.6) is 11.5 Å².